The van der Waals surface area contributed by atoms with E-state index in [1.807, 2.05) is 22.9 Å². The van der Waals surface area contributed by atoms with Crippen LogP contribution in [0.15, 0.2) is 30.7 Å². The number of pyridine rings is 1. The third kappa shape index (κ3) is 3.20. The topological polar surface area (TPSA) is 127 Å². The van der Waals surface area contributed by atoms with Crippen molar-refractivity contribution in [1.82, 2.24) is 35.0 Å². The predicted molar refractivity (Wildman–Crippen MR) is 117 cm³/mol. The molecule has 9 nitrogen and oxygen atoms in total. The van der Waals surface area contributed by atoms with Crippen molar-refractivity contribution in [3.05, 3.63) is 30.7 Å². The SMILES string of the molecule is Nc1ncnc2c1c(-c1cc3cccnc3[nH]1)nn2C1CCC(NC(=O)C2CC2)CC1. The summed E-state index contributed by atoms with van der Waals surface area (Å²) in [6.07, 6.45) is 9.08. The van der Waals surface area contributed by atoms with Crippen LogP contribution in [0.5, 0.6) is 0 Å². The molecule has 4 heterocycles. The van der Waals surface area contributed by atoms with Gasteiger partial charge < -0.3 is 16.0 Å². The Bertz CT molecular complexity index is 1250. The highest BCUT2D eigenvalue weighted by Crippen LogP contribution is 2.37. The van der Waals surface area contributed by atoms with Crippen LogP contribution < -0.4 is 11.1 Å². The van der Waals surface area contributed by atoms with Crippen LogP contribution in [0.2, 0.25) is 0 Å². The smallest absolute Gasteiger partial charge is 0.223 e. The number of H-pyrrole nitrogens is 1. The summed E-state index contributed by atoms with van der Waals surface area (Å²) >= 11 is 0. The molecule has 0 spiro atoms. The van der Waals surface area contributed by atoms with Gasteiger partial charge in [0.25, 0.3) is 0 Å². The number of fused-ring (bicyclic) bond motifs is 2. The first-order valence-electron chi connectivity index (χ1n) is 10.9. The highest BCUT2D eigenvalue weighted by molar-refractivity contribution is 5.99. The quantitative estimate of drug-likeness (QED) is 0.469. The van der Waals surface area contributed by atoms with Crippen LogP contribution in [0.25, 0.3) is 33.5 Å². The number of rotatable bonds is 4. The molecule has 0 aromatic carbocycles. The lowest BCUT2D eigenvalue weighted by Gasteiger charge is -2.29. The van der Waals surface area contributed by atoms with Crippen LogP contribution >= 0.6 is 0 Å². The number of anilines is 1. The number of amides is 1. The first-order chi connectivity index (χ1) is 15.2. The fourth-order valence-corrected chi connectivity index (χ4v) is 4.65. The van der Waals surface area contributed by atoms with Crippen LogP contribution in [-0.2, 0) is 4.79 Å². The standard InChI is InChI=1S/C22H24N8O/c23-19-17-18(16-10-13-2-1-9-24-20(13)28-16)29-30(21(17)26-11-25-19)15-7-5-14(6-8-15)27-22(31)12-3-4-12/h1-2,9-12,14-15H,3-8H2,(H,24,28)(H,27,31)(H2,23,25,26). The predicted octanol–water partition coefficient (Wildman–Crippen LogP) is 2.96. The van der Waals surface area contributed by atoms with Crippen LogP contribution in [0.3, 0.4) is 0 Å². The van der Waals surface area contributed by atoms with E-state index in [1.165, 1.54) is 6.33 Å². The molecule has 4 aromatic rings. The van der Waals surface area contributed by atoms with Gasteiger partial charge in [-0.15, -0.1) is 0 Å². The van der Waals surface area contributed by atoms with Crippen molar-refractivity contribution < 1.29 is 4.79 Å². The first-order valence-corrected chi connectivity index (χ1v) is 10.9. The summed E-state index contributed by atoms with van der Waals surface area (Å²) in [6, 6.07) is 6.42. The molecule has 0 unspecified atom stereocenters. The molecule has 9 heteroatoms. The van der Waals surface area contributed by atoms with E-state index in [9.17, 15) is 4.79 Å². The molecule has 2 fully saturated rings. The van der Waals surface area contributed by atoms with Crippen molar-refractivity contribution in [2.75, 3.05) is 5.73 Å². The summed E-state index contributed by atoms with van der Waals surface area (Å²) in [4.78, 5) is 28.6. The van der Waals surface area contributed by atoms with Gasteiger partial charge in [0, 0.05) is 23.5 Å². The Morgan fingerprint density at radius 1 is 1.13 bits per heavy atom. The number of nitrogens with two attached hydrogens (primary N) is 1. The third-order valence-corrected chi connectivity index (χ3v) is 6.50. The maximum atomic E-state index is 12.1. The average molecular weight is 416 g/mol. The summed E-state index contributed by atoms with van der Waals surface area (Å²) in [6.45, 7) is 0. The molecule has 31 heavy (non-hydrogen) atoms. The lowest BCUT2D eigenvalue weighted by atomic mass is 9.91. The Labute approximate surface area is 178 Å². The molecule has 2 aliphatic carbocycles. The number of carbonyl (C=O) groups excluding carboxylic acids is 1. The van der Waals surface area contributed by atoms with Crippen molar-refractivity contribution in [3.63, 3.8) is 0 Å². The molecule has 0 atom stereocenters. The number of aromatic amines is 1. The van der Waals surface area contributed by atoms with Crippen molar-refractivity contribution in [2.45, 2.75) is 50.6 Å². The number of hydrogen-bond donors (Lipinski definition) is 3. The van der Waals surface area contributed by atoms with E-state index >= 15 is 0 Å². The van der Waals surface area contributed by atoms with Gasteiger partial charge in [-0.3, -0.25) is 4.79 Å². The maximum Gasteiger partial charge on any atom is 0.223 e. The second kappa shape index (κ2) is 7.04. The molecule has 0 bridgehead atoms. The summed E-state index contributed by atoms with van der Waals surface area (Å²) in [5.41, 5.74) is 9.42. The number of nitrogens with one attached hydrogen (secondary N) is 2. The highest BCUT2D eigenvalue weighted by Gasteiger charge is 2.33. The fraction of sp³-hybridized carbons (Fsp3) is 0.409. The summed E-state index contributed by atoms with van der Waals surface area (Å²) in [5.74, 6) is 0.896. The zero-order chi connectivity index (χ0) is 20.9. The van der Waals surface area contributed by atoms with Gasteiger partial charge in [0.15, 0.2) is 5.65 Å². The highest BCUT2D eigenvalue weighted by atomic mass is 16.2. The molecule has 2 aliphatic rings. The van der Waals surface area contributed by atoms with Crippen LogP contribution in [-0.4, -0.2) is 41.7 Å². The number of hydrogen-bond acceptors (Lipinski definition) is 6. The Morgan fingerprint density at radius 3 is 2.74 bits per heavy atom. The average Bonchev–Trinajstić information content (AvgIpc) is 3.43. The third-order valence-electron chi connectivity index (χ3n) is 6.50. The normalized spacial score (nSPS) is 21.5. The molecular formula is C22H24N8O. The molecule has 158 valence electrons. The number of carbonyl (C=O) groups is 1. The van der Waals surface area contributed by atoms with Crippen molar-refractivity contribution in [3.8, 4) is 11.4 Å². The second-order valence-corrected chi connectivity index (χ2v) is 8.66. The van der Waals surface area contributed by atoms with Gasteiger partial charge in [0.1, 0.15) is 23.5 Å². The Morgan fingerprint density at radius 2 is 1.97 bits per heavy atom. The van der Waals surface area contributed by atoms with Crippen molar-refractivity contribution >= 4 is 33.8 Å². The monoisotopic (exact) mass is 416 g/mol. The number of nitrogen functional groups attached to an aromatic ring is 1. The van der Waals surface area contributed by atoms with E-state index in [0.29, 0.717) is 5.82 Å². The van der Waals surface area contributed by atoms with Gasteiger partial charge in [0.2, 0.25) is 5.91 Å². The Hall–Kier alpha value is -3.49. The van der Waals surface area contributed by atoms with Crippen LogP contribution in [0, 0.1) is 5.92 Å². The molecule has 0 saturated heterocycles. The number of aromatic nitrogens is 6. The molecule has 1 amide bonds. The van der Waals surface area contributed by atoms with Crippen molar-refractivity contribution in [1.29, 1.82) is 0 Å². The second-order valence-electron chi connectivity index (χ2n) is 8.66. The summed E-state index contributed by atoms with van der Waals surface area (Å²) in [7, 11) is 0. The van der Waals surface area contributed by atoms with Gasteiger partial charge >= 0.3 is 0 Å². The molecule has 2 saturated carbocycles. The Balaban J connectivity index is 1.33. The van der Waals surface area contributed by atoms with Crippen molar-refractivity contribution in [2.24, 2.45) is 5.92 Å². The van der Waals surface area contributed by atoms with E-state index < -0.39 is 0 Å². The van der Waals surface area contributed by atoms with Gasteiger partial charge in [-0.2, -0.15) is 5.10 Å². The minimum atomic E-state index is 0.210. The zero-order valence-electron chi connectivity index (χ0n) is 17.1. The largest absolute Gasteiger partial charge is 0.383 e. The van der Waals surface area contributed by atoms with Crippen LogP contribution in [0.4, 0.5) is 5.82 Å². The molecular weight excluding hydrogens is 392 g/mol. The lowest BCUT2D eigenvalue weighted by Crippen LogP contribution is -2.38. The molecule has 6 rings (SSSR count). The maximum absolute atomic E-state index is 12.1. The number of nitrogens with zero attached hydrogens (tertiary/aromatic N) is 5. The lowest BCUT2D eigenvalue weighted by molar-refractivity contribution is -0.123. The van der Waals surface area contributed by atoms with Gasteiger partial charge in [0.05, 0.1) is 17.1 Å². The fourth-order valence-electron chi connectivity index (χ4n) is 4.65. The van der Waals surface area contributed by atoms with E-state index in [2.05, 4.69) is 25.3 Å². The van der Waals surface area contributed by atoms with Gasteiger partial charge in [-0.1, -0.05) is 0 Å². The summed E-state index contributed by atoms with van der Waals surface area (Å²) in [5, 5.41) is 9.95. The van der Waals surface area contributed by atoms with E-state index in [-0.39, 0.29) is 23.9 Å². The Kier molecular flexibility index (Phi) is 4.15. The van der Waals surface area contributed by atoms with Crippen LogP contribution in [0.1, 0.15) is 44.6 Å². The van der Waals surface area contributed by atoms with E-state index in [4.69, 9.17) is 10.8 Å². The minimum absolute atomic E-state index is 0.210. The zero-order valence-corrected chi connectivity index (χ0v) is 17.1. The minimum Gasteiger partial charge on any atom is -0.383 e. The van der Waals surface area contributed by atoms with Gasteiger partial charge in [-0.25, -0.2) is 19.6 Å². The van der Waals surface area contributed by atoms with E-state index in [1.54, 1.807) is 6.20 Å². The molecule has 0 radical (unpaired) electrons. The van der Waals surface area contributed by atoms with E-state index in [0.717, 1.165) is 72.0 Å². The van der Waals surface area contributed by atoms with Gasteiger partial charge in [-0.05, 0) is 56.7 Å². The molecule has 0 aliphatic heterocycles. The molecule has 4 N–H and O–H groups in total. The first kappa shape index (κ1) is 18.3. The summed E-state index contributed by atoms with van der Waals surface area (Å²) < 4.78 is 2.00. The molecule has 4 aromatic heterocycles.